The van der Waals surface area contributed by atoms with Crippen LogP contribution in [0, 0.1) is 10.1 Å². The maximum atomic E-state index is 12.3. The lowest BCUT2D eigenvalue weighted by molar-refractivity contribution is -0.385. The number of nitrogens with one attached hydrogen (secondary N) is 2. The van der Waals surface area contributed by atoms with Gasteiger partial charge in [0.05, 0.1) is 30.3 Å². The molecule has 0 radical (unpaired) electrons. The van der Waals surface area contributed by atoms with Crippen molar-refractivity contribution in [1.29, 1.82) is 0 Å². The number of nitrogens with zero attached hydrogens (tertiary/aromatic N) is 1. The summed E-state index contributed by atoms with van der Waals surface area (Å²) in [5.74, 6) is -0.316. The summed E-state index contributed by atoms with van der Waals surface area (Å²) in [6.45, 7) is 3.37. The van der Waals surface area contributed by atoms with Gasteiger partial charge in [0.1, 0.15) is 5.75 Å². The summed E-state index contributed by atoms with van der Waals surface area (Å²) in [5, 5.41) is 16.1. The summed E-state index contributed by atoms with van der Waals surface area (Å²) in [5.41, 5.74) is 0.592. The Morgan fingerprint density at radius 1 is 1.42 bits per heavy atom. The third-order valence-electron chi connectivity index (χ3n) is 3.50. The summed E-state index contributed by atoms with van der Waals surface area (Å²) >= 11 is 0. The lowest BCUT2D eigenvalue weighted by Crippen LogP contribution is -2.45. The number of nitro benzene ring substituents is 1. The zero-order chi connectivity index (χ0) is 17.9. The molecule has 128 valence electrons. The Kier molecular flexibility index (Phi) is 5.02. The van der Waals surface area contributed by atoms with E-state index in [0.29, 0.717) is 17.0 Å². The van der Waals surface area contributed by atoms with Crippen LogP contribution in [0.1, 0.15) is 25.5 Å². The van der Waals surface area contributed by atoms with E-state index in [1.807, 2.05) is 0 Å². The number of benzene rings is 1. The zero-order valence-electron chi connectivity index (χ0n) is 13.4. The lowest BCUT2D eigenvalue weighted by atomic mass is 9.94. The number of non-ortho nitro benzene ring substituents is 1. The zero-order valence-corrected chi connectivity index (χ0v) is 13.4. The quantitative estimate of drug-likeness (QED) is 0.481. The molecule has 1 atom stereocenters. The molecule has 0 aliphatic carbocycles. The van der Waals surface area contributed by atoms with Gasteiger partial charge in [0.25, 0.3) is 5.69 Å². The lowest BCUT2D eigenvalue weighted by Gasteiger charge is -2.28. The van der Waals surface area contributed by atoms with Crippen molar-refractivity contribution in [2.45, 2.75) is 19.9 Å². The van der Waals surface area contributed by atoms with Gasteiger partial charge < -0.3 is 20.1 Å². The number of carbonyl (C=O) groups is 2. The van der Waals surface area contributed by atoms with Crippen LogP contribution in [0.5, 0.6) is 5.75 Å². The van der Waals surface area contributed by atoms with Gasteiger partial charge in [-0.1, -0.05) is 0 Å². The van der Waals surface area contributed by atoms with E-state index in [2.05, 4.69) is 10.6 Å². The van der Waals surface area contributed by atoms with E-state index < -0.39 is 23.0 Å². The average molecular weight is 335 g/mol. The maximum Gasteiger partial charge on any atom is 0.338 e. The molecule has 0 spiro atoms. The molecule has 0 aromatic heterocycles. The highest BCUT2D eigenvalue weighted by Crippen LogP contribution is 2.35. The van der Waals surface area contributed by atoms with E-state index >= 15 is 0 Å². The van der Waals surface area contributed by atoms with Crippen LogP contribution < -0.4 is 15.4 Å². The topological polar surface area (TPSA) is 120 Å². The summed E-state index contributed by atoms with van der Waals surface area (Å²) in [6.07, 6.45) is 0. The van der Waals surface area contributed by atoms with Gasteiger partial charge in [-0.2, -0.15) is 0 Å². The van der Waals surface area contributed by atoms with Gasteiger partial charge in [0, 0.05) is 23.4 Å². The van der Waals surface area contributed by atoms with Gasteiger partial charge in [-0.3, -0.25) is 10.1 Å². The Bertz CT molecular complexity index is 728. The number of hydrogen-bond acceptors (Lipinski definition) is 6. The molecular formula is C15H17N3O6. The molecule has 9 nitrogen and oxygen atoms in total. The summed E-state index contributed by atoms with van der Waals surface area (Å²) in [4.78, 5) is 34.6. The largest absolute Gasteiger partial charge is 0.496 e. The van der Waals surface area contributed by atoms with Crippen molar-refractivity contribution >= 4 is 17.7 Å². The van der Waals surface area contributed by atoms with Crippen LogP contribution in [0.15, 0.2) is 29.5 Å². The van der Waals surface area contributed by atoms with Gasteiger partial charge in [-0.15, -0.1) is 0 Å². The number of carbonyl (C=O) groups excluding carboxylic acids is 2. The number of amides is 2. The minimum Gasteiger partial charge on any atom is -0.496 e. The Balaban J connectivity index is 2.60. The first kappa shape index (κ1) is 17.3. The predicted molar refractivity (Wildman–Crippen MR) is 83.4 cm³/mol. The summed E-state index contributed by atoms with van der Waals surface area (Å²) in [7, 11) is 1.40. The van der Waals surface area contributed by atoms with E-state index in [-0.39, 0.29) is 17.9 Å². The molecule has 2 N–H and O–H groups in total. The van der Waals surface area contributed by atoms with E-state index in [9.17, 15) is 19.7 Å². The fraction of sp³-hybridized carbons (Fsp3) is 0.333. The second-order valence-electron chi connectivity index (χ2n) is 4.97. The first-order chi connectivity index (χ1) is 11.4. The molecule has 0 saturated heterocycles. The van der Waals surface area contributed by atoms with Crippen molar-refractivity contribution in [3.8, 4) is 5.75 Å². The standard InChI is InChI=1S/C15H17N3O6/c1-4-24-14(19)12-8(2)16-15(20)17-13(12)10-7-9(18(21)22)5-6-11(10)23-3/h5-7,13H,4H2,1-3H3,(H2,16,17,20)/t13-/m0/s1. The summed E-state index contributed by atoms with van der Waals surface area (Å²) in [6, 6.07) is 2.51. The van der Waals surface area contributed by atoms with Crippen molar-refractivity contribution in [3.05, 3.63) is 45.1 Å². The molecule has 0 unspecified atom stereocenters. The van der Waals surface area contributed by atoms with Crippen LogP contribution in [0.2, 0.25) is 0 Å². The van der Waals surface area contributed by atoms with Crippen LogP contribution in [0.4, 0.5) is 10.5 Å². The smallest absolute Gasteiger partial charge is 0.338 e. The molecule has 2 amide bonds. The molecule has 0 fully saturated rings. The van der Waals surface area contributed by atoms with Crippen molar-refractivity contribution in [2.24, 2.45) is 0 Å². The van der Waals surface area contributed by atoms with Gasteiger partial charge in [0.2, 0.25) is 0 Å². The minimum atomic E-state index is -0.923. The van der Waals surface area contributed by atoms with Crippen molar-refractivity contribution in [2.75, 3.05) is 13.7 Å². The second kappa shape index (κ2) is 6.99. The molecule has 1 aliphatic rings. The third-order valence-corrected chi connectivity index (χ3v) is 3.50. The third kappa shape index (κ3) is 3.29. The molecule has 24 heavy (non-hydrogen) atoms. The number of ether oxygens (including phenoxy) is 2. The fourth-order valence-corrected chi connectivity index (χ4v) is 2.47. The second-order valence-corrected chi connectivity index (χ2v) is 4.97. The van der Waals surface area contributed by atoms with E-state index in [4.69, 9.17) is 9.47 Å². The van der Waals surface area contributed by atoms with Crippen LogP contribution in [-0.2, 0) is 9.53 Å². The van der Waals surface area contributed by atoms with Crippen molar-refractivity contribution in [3.63, 3.8) is 0 Å². The average Bonchev–Trinajstić information content (AvgIpc) is 2.53. The highest BCUT2D eigenvalue weighted by Gasteiger charge is 2.34. The number of nitro groups is 1. The highest BCUT2D eigenvalue weighted by molar-refractivity contribution is 5.95. The molecule has 0 saturated carbocycles. The number of methoxy groups -OCH3 is 1. The molecular weight excluding hydrogens is 318 g/mol. The monoisotopic (exact) mass is 335 g/mol. The van der Waals surface area contributed by atoms with Gasteiger partial charge in [-0.25, -0.2) is 9.59 Å². The Morgan fingerprint density at radius 2 is 2.12 bits per heavy atom. The molecule has 1 aromatic carbocycles. The van der Waals surface area contributed by atoms with Gasteiger partial charge in [-0.05, 0) is 19.9 Å². The molecule has 9 heteroatoms. The van der Waals surface area contributed by atoms with Crippen molar-refractivity contribution in [1.82, 2.24) is 10.6 Å². The van der Waals surface area contributed by atoms with Crippen LogP contribution in [0.25, 0.3) is 0 Å². The Labute approximate surface area is 137 Å². The molecule has 2 rings (SSSR count). The van der Waals surface area contributed by atoms with Gasteiger partial charge in [0.15, 0.2) is 0 Å². The van der Waals surface area contributed by atoms with Gasteiger partial charge >= 0.3 is 12.0 Å². The number of allylic oxidation sites excluding steroid dienone is 1. The van der Waals surface area contributed by atoms with Crippen LogP contribution >= 0.6 is 0 Å². The van der Waals surface area contributed by atoms with Crippen molar-refractivity contribution < 1.29 is 24.0 Å². The Morgan fingerprint density at radius 3 is 2.71 bits per heavy atom. The first-order valence-electron chi connectivity index (χ1n) is 7.16. The van der Waals surface area contributed by atoms with E-state index in [0.717, 1.165) is 0 Å². The summed E-state index contributed by atoms with van der Waals surface area (Å²) < 4.78 is 10.2. The molecule has 0 bridgehead atoms. The first-order valence-corrected chi connectivity index (χ1v) is 7.16. The van der Waals surface area contributed by atoms with E-state index in [1.54, 1.807) is 13.8 Å². The van der Waals surface area contributed by atoms with E-state index in [1.165, 1.54) is 25.3 Å². The number of rotatable bonds is 5. The van der Waals surface area contributed by atoms with Crippen LogP contribution in [0.3, 0.4) is 0 Å². The molecule has 1 heterocycles. The number of esters is 1. The molecule has 1 aliphatic heterocycles. The highest BCUT2D eigenvalue weighted by atomic mass is 16.6. The van der Waals surface area contributed by atoms with Crippen LogP contribution in [-0.4, -0.2) is 30.6 Å². The fourth-order valence-electron chi connectivity index (χ4n) is 2.47. The number of urea groups is 1. The predicted octanol–water partition coefficient (Wildman–Crippen LogP) is 1.79. The normalized spacial score (nSPS) is 17.0. The minimum absolute atomic E-state index is 0.155. The SMILES string of the molecule is CCOC(=O)C1=C(C)NC(=O)N[C@H]1c1cc([N+](=O)[O-])ccc1OC. The maximum absolute atomic E-state index is 12.3. The molecule has 1 aromatic rings. The number of hydrogen-bond donors (Lipinski definition) is 2. The Hall–Kier alpha value is -3.10.